The second-order valence-corrected chi connectivity index (χ2v) is 6.72. The van der Waals surface area contributed by atoms with Crippen molar-refractivity contribution in [2.75, 3.05) is 24.5 Å². The van der Waals surface area contributed by atoms with Crippen molar-refractivity contribution >= 4 is 23.8 Å². The minimum Gasteiger partial charge on any atom is -0.493 e. The van der Waals surface area contributed by atoms with Gasteiger partial charge in [0, 0.05) is 17.4 Å². The largest absolute Gasteiger partial charge is 0.493 e. The van der Waals surface area contributed by atoms with Gasteiger partial charge in [-0.2, -0.15) is 5.10 Å². The lowest BCUT2D eigenvalue weighted by Crippen LogP contribution is -2.20. The third-order valence-corrected chi connectivity index (χ3v) is 4.14. The van der Waals surface area contributed by atoms with Crippen molar-refractivity contribution in [1.82, 2.24) is 9.97 Å². The number of carbonyl (C=O) groups excluding carboxylic acids is 1. The number of amides is 1. The molecule has 2 aromatic carbocycles. The van der Waals surface area contributed by atoms with Crippen LogP contribution in [0.4, 0.5) is 11.6 Å². The Morgan fingerprint density at radius 1 is 1.13 bits per heavy atom. The smallest absolute Gasteiger partial charge is 0.262 e. The fraction of sp³-hybridized carbons (Fsp3) is 0.182. The van der Waals surface area contributed by atoms with Crippen LogP contribution in [-0.4, -0.2) is 35.8 Å². The SMILES string of the molecule is COc1cc(/C=N/Nc2nc(C)cc(=O)[nH]2)ccc1OCC(=O)Nc1ccc(C)cc1. The maximum absolute atomic E-state index is 12.1. The van der Waals surface area contributed by atoms with E-state index in [1.165, 1.54) is 13.2 Å². The van der Waals surface area contributed by atoms with Crippen LogP contribution in [0.5, 0.6) is 11.5 Å². The topological polar surface area (TPSA) is 118 Å². The molecule has 9 nitrogen and oxygen atoms in total. The molecule has 3 aromatic rings. The second-order valence-electron chi connectivity index (χ2n) is 6.72. The van der Waals surface area contributed by atoms with Crippen LogP contribution in [0, 0.1) is 13.8 Å². The minimum atomic E-state index is -0.277. The average Bonchev–Trinajstić information content (AvgIpc) is 2.73. The van der Waals surface area contributed by atoms with Gasteiger partial charge >= 0.3 is 0 Å². The molecule has 0 aliphatic heterocycles. The first-order valence-electron chi connectivity index (χ1n) is 9.47. The van der Waals surface area contributed by atoms with E-state index in [1.807, 2.05) is 31.2 Å². The Morgan fingerprint density at radius 3 is 2.61 bits per heavy atom. The summed E-state index contributed by atoms with van der Waals surface area (Å²) in [6.45, 7) is 3.53. The molecule has 0 atom stereocenters. The zero-order valence-electron chi connectivity index (χ0n) is 17.4. The Morgan fingerprint density at radius 2 is 1.90 bits per heavy atom. The third-order valence-electron chi connectivity index (χ3n) is 4.14. The molecule has 160 valence electrons. The van der Waals surface area contributed by atoms with Crippen LogP contribution in [0.1, 0.15) is 16.8 Å². The Labute approximate surface area is 179 Å². The number of carbonyl (C=O) groups is 1. The first-order valence-corrected chi connectivity index (χ1v) is 9.47. The number of anilines is 2. The summed E-state index contributed by atoms with van der Waals surface area (Å²) in [4.78, 5) is 30.2. The van der Waals surface area contributed by atoms with E-state index < -0.39 is 0 Å². The number of H-pyrrole nitrogens is 1. The van der Waals surface area contributed by atoms with Crippen molar-refractivity contribution in [2.24, 2.45) is 5.10 Å². The highest BCUT2D eigenvalue weighted by atomic mass is 16.5. The molecule has 3 N–H and O–H groups in total. The van der Waals surface area contributed by atoms with Crippen molar-refractivity contribution in [2.45, 2.75) is 13.8 Å². The number of hydrogen-bond donors (Lipinski definition) is 3. The van der Waals surface area contributed by atoms with Crippen LogP contribution in [0.3, 0.4) is 0 Å². The number of ether oxygens (including phenoxy) is 2. The maximum atomic E-state index is 12.1. The fourth-order valence-corrected chi connectivity index (χ4v) is 2.66. The zero-order valence-corrected chi connectivity index (χ0v) is 17.4. The quantitative estimate of drug-likeness (QED) is 0.380. The number of hydrogen-bond acceptors (Lipinski definition) is 7. The number of rotatable bonds is 8. The zero-order chi connectivity index (χ0) is 22.2. The maximum Gasteiger partial charge on any atom is 0.262 e. The predicted octanol–water partition coefficient (Wildman–Crippen LogP) is 2.86. The highest BCUT2D eigenvalue weighted by Crippen LogP contribution is 2.27. The number of aryl methyl sites for hydroxylation is 2. The van der Waals surface area contributed by atoms with E-state index in [9.17, 15) is 9.59 Å². The first kappa shape index (κ1) is 21.6. The third kappa shape index (κ3) is 6.43. The number of nitrogens with one attached hydrogen (secondary N) is 3. The van der Waals surface area contributed by atoms with Crippen LogP contribution in [0.15, 0.2) is 58.4 Å². The summed E-state index contributed by atoms with van der Waals surface area (Å²) in [7, 11) is 1.51. The summed E-state index contributed by atoms with van der Waals surface area (Å²) in [6, 6.07) is 14.0. The number of aromatic nitrogens is 2. The number of aromatic amines is 1. The fourth-order valence-electron chi connectivity index (χ4n) is 2.66. The number of benzene rings is 2. The lowest BCUT2D eigenvalue weighted by Gasteiger charge is -2.11. The summed E-state index contributed by atoms with van der Waals surface area (Å²) in [5.41, 5.74) is 5.52. The van der Waals surface area contributed by atoms with Gasteiger partial charge in [-0.1, -0.05) is 17.7 Å². The number of methoxy groups -OCH3 is 1. The van der Waals surface area contributed by atoms with Crippen molar-refractivity contribution in [3.8, 4) is 11.5 Å². The van der Waals surface area contributed by atoms with Crippen LogP contribution in [0.2, 0.25) is 0 Å². The average molecular weight is 421 g/mol. The minimum absolute atomic E-state index is 0.161. The Balaban J connectivity index is 1.59. The van der Waals surface area contributed by atoms with Crippen LogP contribution in [-0.2, 0) is 4.79 Å². The van der Waals surface area contributed by atoms with Gasteiger partial charge in [-0.15, -0.1) is 0 Å². The summed E-state index contributed by atoms with van der Waals surface area (Å²) in [5, 5.41) is 6.83. The molecule has 0 bridgehead atoms. The standard InChI is InChI=1S/C22H23N5O4/c1-14-4-7-17(8-5-14)25-21(29)13-31-18-9-6-16(11-19(18)30-3)12-23-27-22-24-15(2)10-20(28)26-22/h4-12H,13H2,1-3H3,(H,25,29)(H2,24,26,27,28)/b23-12+. The molecule has 0 spiro atoms. The molecule has 3 rings (SSSR count). The molecule has 0 aliphatic rings. The number of hydrazone groups is 1. The second kappa shape index (κ2) is 10.1. The molecule has 0 aliphatic carbocycles. The molecule has 0 saturated carbocycles. The lowest BCUT2D eigenvalue weighted by molar-refractivity contribution is -0.118. The highest BCUT2D eigenvalue weighted by molar-refractivity contribution is 5.92. The van der Waals surface area contributed by atoms with Crippen molar-refractivity contribution in [3.05, 3.63) is 75.7 Å². The van der Waals surface area contributed by atoms with E-state index >= 15 is 0 Å². The molecule has 0 saturated heterocycles. The first-order chi connectivity index (χ1) is 14.9. The van der Waals surface area contributed by atoms with E-state index in [0.29, 0.717) is 22.9 Å². The molecule has 0 fully saturated rings. The van der Waals surface area contributed by atoms with Crippen LogP contribution in [0.25, 0.3) is 0 Å². The van der Waals surface area contributed by atoms with Gasteiger partial charge in [-0.3, -0.25) is 14.6 Å². The molecule has 9 heteroatoms. The van der Waals surface area contributed by atoms with Gasteiger partial charge < -0.3 is 14.8 Å². The summed E-state index contributed by atoms with van der Waals surface area (Å²) >= 11 is 0. The Kier molecular flexibility index (Phi) is 7.00. The molecule has 1 amide bonds. The Bertz CT molecular complexity index is 1140. The van der Waals surface area contributed by atoms with Crippen LogP contribution < -0.4 is 25.8 Å². The normalized spacial score (nSPS) is 10.7. The molecular formula is C22H23N5O4. The van der Waals surface area contributed by atoms with Crippen molar-refractivity contribution in [1.29, 1.82) is 0 Å². The summed E-state index contributed by atoms with van der Waals surface area (Å²) in [6.07, 6.45) is 1.54. The molecule has 1 aromatic heterocycles. The van der Waals surface area contributed by atoms with Crippen molar-refractivity contribution < 1.29 is 14.3 Å². The molecule has 31 heavy (non-hydrogen) atoms. The van der Waals surface area contributed by atoms with E-state index in [-0.39, 0.29) is 24.0 Å². The Hall–Kier alpha value is -4.14. The highest BCUT2D eigenvalue weighted by Gasteiger charge is 2.09. The van der Waals surface area contributed by atoms with Gasteiger partial charge in [0.15, 0.2) is 18.1 Å². The van der Waals surface area contributed by atoms with E-state index in [4.69, 9.17) is 9.47 Å². The van der Waals surface area contributed by atoms with Gasteiger partial charge in [0.25, 0.3) is 11.5 Å². The molecular weight excluding hydrogens is 398 g/mol. The molecule has 0 radical (unpaired) electrons. The van der Waals surface area contributed by atoms with E-state index in [0.717, 1.165) is 11.1 Å². The summed E-state index contributed by atoms with van der Waals surface area (Å²) < 4.78 is 10.9. The van der Waals surface area contributed by atoms with E-state index in [2.05, 4.69) is 25.8 Å². The van der Waals surface area contributed by atoms with E-state index in [1.54, 1.807) is 31.3 Å². The van der Waals surface area contributed by atoms with Gasteiger partial charge in [0.2, 0.25) is 5.95 Å². The van der Waals surface area contributed by atoms with Gasteiger partial charge in [0.1, 0.15) is 0 Å². The predicted molar refractivity (Wildman–Crippen MR) is 119 cm³/mol. The van der Waals surface area contributed by atoms with Crippen molar-refractivity contribution in [3.63, 3.8) is 0 Å². The summed E-state index contributed by atoms with van der Waals surface area (Å²) in [5.74, 6) is 0.846. The molecule has 0 unspecified atom stereocenters. The van der Waals surface area contributed by atoms with Gasteiger partial charge in [-0.25, -0.2) is 10.4 Å². The molecule has 1 heterocycles. The van der Waals surface area contributed by atoms with Gasteiger partial charge in [-0.05, 0) is 49.7 Å². The number of nitrogens with zero attached hydrogens (tertiary/aromatic N) is 2. The monoisotopic (exact) mass is 421 g/mol. The lowest BCUT2D eigenvalue weighted by atomic mass is 10.2. The van der Waals surface area contributed by atoms with Gasteiger partial charge in [0.05, 0.1) is 13.3 Å². The van der Waals surface area contributed by atoms with Crippen LogP contribution >= 0.6 is 0 Å².